The standard InChI is InChI=1S/C14H15N5O5/c20-18(21)13-3-1-11(9-15-13)17-7-5-16(6-8-17)10-12-2-4-14(24-12)19(22)23/h1-4,9H,5-8,10H2. The largest absolute Gasteiger partial charge is 0.433 e. The highest BCUT2D eigenvalue weighted by Gasteiger charge is 2.21. The number of furan rings is 1. The molecule has 2 aromatic heterocycles. The molecule has 1 aliphatic heterocycles. The van der Waals surface area contributed by atoms with Crippen LogP contribution in [0.3, 0.4) is 0 Å². The first-order valence-corrected chi connectivity index (χ1v) is 7.34. The first-order valence-electron chi connectivity index (χ1n) is 7.34. The lowest BCUT2D eigenvalue weighted by Crippen LogP contribution is -2.45. The minimum Gasteiger partial charge on any atom is -0.404 e. The van der Waals surface area contributed by atoms with E-state index in [1.165, 1.54) is 18.3 Å². The fourth-order valence-corrected chi connectivity index (χ4v) is 2.61. The van der Waals surface area contributed by atoms with E-state index in [1.54, 1.807) is 12.1 Å². The van der Waals surface area contributed by atoms with Crippen molar-refractivity contribution in [1.82, 2.24) is 9.88 Å². The Morgan fingerprint density at radius 3 is 2.33 bits per heavy atom. The van der Waals surface area contributed by atoms with Gasteiger partial charge in [0.2, 0.25) is 0 Å². The summed E-state index contributed by atoms with van der Waals surface area (Å²) in [4.78, 5) is 28.2. The van der Waals surface area contributed by atoms with Crippen molar-refractivity contribution >= 4 is 17.4 Å². The predicted molar refractivity (Wildman–Crippen MR) is 83.7 cm³/mol. The molecule has 0 atom stereocenters. The summed E-state index contributed by atoms with van der Waals surface area (Å²) in [5.41, 5.74) is 0.842. The summed E-state index contributed by atoms with van der Waals surface area (Å²) in [5, 5.41) is 21.2. The molecule has 0 amide bonds. The molecular weight excluding hydrogens is 318 g/mol. The van der Waals surface area contributed by atoms with E-state index in [-0.39, 0.29) is 11.7 Å². The number of nitrogens with zero attached hydrogens (tertiary/aromatic N) is 5. The zero-order chi connectivity index (χ0) is 17.1. The molecule has 0 spiro atoms. The van der Waals surface area contributed by atoms with E-state index < -0.39 is 9.85 Å². The highest BCUT2D eigenvalue weighted by Crippen LogP contribution is 2.20. The summed E-state index contributed by atoms with van der Waals surface area (Å²) >= 11 is 0. The number of rotatable bonds is 5. The molecule has 0 N–H and O–H groups in total. The van der Waals surface area contributed by atoms with Gasteiger partial charge in [0.1, 0.15) is 10.7 Å². The molecule has 1 fully saturated rings. The average Bonchev–Trinajstić information content (AvgIpc) is 3.04. The van der Waals surface area contributed by atoms with Crippen molar-refractivity contribution in [3.8, 4) is 0 Å². The molecule has 3 rings (SSSR count). The first-order chi connectivity index (χ1) is 11.5. The van der Waals surface area contributed by atoms with Crippen LogP contribution in [-0.4, -0.2) is 45.9 Å². The summed E-state index contributed by atoms with van der Waals surface area (Å²) in [5.74, 6) is 0.143. The Hall–Kier alpha value is -3.01. The van der Waals surface area contributed by atoms with E-state index in [9.17, 15) is 20.2 Å². The maximum atomic E-state index is 10.6. The summed E-state index contributed by atoms with van der Waals surface area (Å²) in [6, 6.07) is 6.05. The van der Waals surface area contributed by atoms with E-state index in [0.29, 0.717) is 12.3 Å². The number of piperazine rings is 1. The quantitative estimate of drug-likeness (QED) is 0.600. The second kappa shape index (κ2) is 6.62. The van der Waals surface area contributed by atoms with Gasteiger partial charge in [-0.25, -0.2) is 0 Å². The minimum absolute atomic E-state index is 0.170. The van der Waals surface area contributed by atoms with Gasteiger partial charge in [-0.15, -0.1) is 0 Å². The summed E-state index contributed by atoms with van der Waals surface area (Å²) < 4.78 is 5.17. The lowest BCUT2D eigenvalue weighted by atomic mass is 10.2. The van der Waals surface area contributed by atoms with Gasteiger partial charge in [0.15, 0.2) is 6.20 Å². The van der Waals surface area contributed by atoms with Crippen molar-refractivity contribution in [3.63, 3.8) is 0 Å². The molecule has 0 saturated carbocycles. The predicted octanol–water partition coefficient (Wildman–Crippen LogP) is 1.81. The van der Waals surface area contributed by atoms with Gasteiger partial charge in [-0.1, -0.05) is 0 Å². The number of aromatic nitrogens is 1. The van der Waals surface area contributed by atoms with Crippen LogP contribution in [0.1, 0.15) is 5.76 Å². The van der Waals surface area contributed by atoms with Gasteiger partial charge in [-0.3, -0.25) is 15.0 Å². The molecule has 0 aliphatic carbocycles. The Kier molecular flexibility index (Phi) is 4.38. The molecule has 0 unspecified atom stereocenters. The molecule has 1 aliphatic rings. The Morgan fingerprint density at radius 2 is 1.79 bits per heavy atom. The van der Waals surface area contributed by atoms with E-state index in [2.05, 4.69) is 14.8 Å². The lowest BCUT2D eigenvalue weighted by Gasteiger charge is -2.35. The van der Waals surface area contributed by atoms with E-state index in [4.69, 9.17) is 4.42 Å². The van der Waals surface area contributed by atoms with Crippen LogP contribution in [0.4, 0.5) is 17.4 Å². The van der Waals surface area contributed by atoms with Gasteiger partial charge < -0.3 is 19.4 Å². The van der Waals surface area contributed by atoms with Crippen LogP contribution in [0.25, 0.3) is 0 Å². The van der Waals surface area contributed by atoms with Crippen LogP contribution >= 0.6 is 0 Å². The third-order valence-electron chi connectivity index (χ3n) is 3.86. The Bertz CT molecular complexity index is 736. The van der Waals surface area contributed by atoms with Crippen LogP contribution in [0.5, 0.6) is 0 Å². The fourth-order valence-electron chi connectivity index (χ4n) is 2.61. The summed E-state index contributed by atoms with van der Waals surface area (Å²) in [6.45, 7) is 3.50. The van der Waals surface area contributed by atoms with Crippen LogP contribution in [-0.2, 0) is 6.54 Å². The Morgan fingerprint density at radius 1 is 1.04 bits per heavy atom. The second-order valence-electron chi connectivity index (χ2n) is 5.39. The molecule has 126 valence electrons. The molecule has 10 nitrogen and oxygen atoms in total. The van der Waals surface area contributed by atoms with Crippen LogP contribution in [0, 0.1) is 20.2 Å². The van der Waals surface area contributed by atoms with Crippen molar-refractivity contribution in [3.05, 3.63) is 56.5 Å². The van der Waals surface area contributed by atoms with E-state index in [0.717, 1.165) is 31.9 Å². The molecule has 0 bridgehead atoms. The Balaban J connectivity index is 1.55. The maximum absolute atomic E-state index is 10.6. The number of hydrogen-bond donors (Lipinski definition) is 0. The summed E-state index contributed by atoms with van der Waals surface area (Å²) in [6.07, 6.45) is 1.50. The topological polar surface area (TPSA) is 119 Å². The van der Waals surface area contributed by atoms with Crippen LogP contribution < -0.4 is 4.90 Å². The fraction of sp³-hybridized carbons (Fsp3) is 0.357. The van der Waals surface area contributed by atoms with E-state index >= 15 is 0 Å². The van der Waals surface area contributed by atoms with Gasteiger partial charge in [0.05, 0.1) is 18.3 Å². The van der Waals surface area contributed by atoms with Gasteiger partial charge in [0, 0.05) is 32.2 Å². The number of nitro groups is 2. The number of pyridine rings is 1. The average molecular weight is 333 g/mol. The third kappa shape index (κ3) is 3.49. The van der Waals surface area contributed by atoms with Crippen molar-refractivity contribution in [2.45, 2.75) is 6.54 Å². The molecule has 10 heteroatoms. The van der Waals surface area contributed by atoms with Gasteiger partial charge in [-0.05, 0) is 22.0 Å². The molecule has 1 saturated heterocycles. The lowest BCUT2D eigenvalue weighted by molar-refractivity contribution is -0.402. The molecule has 0 aromatic carbocycles. The van der Waals surface area contributed by atoms with Crippen LogP contribution in [0.15, 0.2) is 34.9 Å². The zero-order valence-electron chi connectivity index (χ0n) is 12.7. The summed E-state index contributed by atoms with van der Waals surface area (Å²) in [7, 11) is 0. The highest BCUT2D eigenvalue weighted by molar-refractivity contribution is 5.46. The first kappa shape index (κ1) is 15.9. The number of anilines is 1. The smallest absolute Gasteiger partial charge is 0.404 e. The molecule has 24 heavy (non-hydrogen) atoms. The molecule has 2 aromatic rings. The van der Waals surface area contributed by atoms with Crippen molar-refractivity contribution in [1.29, 1.82) is 0 Å². The second-order valence-corrected chi connectivity index (χ2v) is 5.39. The number of hydrogen-bond acceptors (Lipinski definition) is 8. The Labute approximate surface area is 136 Å². The molecular formula is C14H15N5O5. The SMILES string of the molecule is O=[N+]([O-])c1ccc(N2CCN(Cc3ccc([N+](=O)[O-])o3)CC2)cn1. The van der Waals surface area contributed by atoms with Crippen LogP contribution in [0.2, 0.25) is 0 Å². The third-order valence-corrected chi connectivity index (χ3v) is 3.86. The highest BCUT2D eigenvalue weighted by atomic mass is 16.6. The molecule has 3 heterocycles. The van der Waals surface area contributed by atoms with Gasteiger partial charge in [0.25, 0.3) is 0 Å². The van der Waals surface area contributed by atoms with Gasteiger partial charge in [-0.2, -0.15) is 0 Å². The van der Waals surface area contributed by atoms with E-state index in [1.807, 2.05) is 0 Å². The van der Waals surface area contributed by atoms with Crippen molar-refractivity contribution in [2.75, 3.05) is 31.1 Å². The van der Waals surface area contributed by atoms with Crippen molar-refractivity contribution in [2.24, 2.45) is 0 Å². The van der Waals surface area contributed by atoms with Crippen molar-refractivity contribution < 1.29 is 14.3 Å². The monoisotopic (exact) mass is 333 g/mol. The molecule has 0 radical (unpaired) electrons. The zero-order valence-corrected chi connectivity index (χ0v) is 12.7. The normalized spacial score (nSPS) is 15.4. The minimum atomic E-state index is -0.553. The van der Waals surface area contributed by atoms with Gasteiger partial charge >= 0.3 is 11.7 Å². The maximum Gasteiger partial charge on any atom is 0.433 e.